The van der Waals surface area contributed by atoms with E-state index in [0.29, 0.717) is 6.07 Å². The summed E-state index contributed by atoms with van der Waals surface area (Å²) < 4.78 is 63.4. The molecular weight excluding hydrogens is 309 g/mol. The smallest absolute Gasteiger partial charge is 0.268 e. The lowest BCUT2D eigenvalue weighted by molar-refractivity contribution is 0.494. The summed E-state index contributed by atoms with van der Waals surface area (Å²) in [6, 6.07) is 2.63. The van der Waals surface area contributed by atoms with E-state index in [2.05, 4.69) is 4.72 Å². The summed E-state index contributed by atoms with van der Waals surface area (Å²) >= 11 is 0. The molecule has 0 heterocycles. The number of rotatable bonds is 4. The zero-order chi connectivity index (χ0) is 15.8. The standard InChI is InChI=1S/C10H16FN3O4S2/c1-10(2,3)14-20(17,18)13-9-5-4-7(6-8(9)11)19(12,15)16/h4-6,13-14H,1-3H3,(H2,12,15,16). The maximum absolute atomic E-state index is 13.7. The minimum absolute atomic E-state index is 0.380. The Bertz CT molecular complexity index is 709. The van der Waals surface area contributed by atoms with Crippen LogP contribution in [0, 0.1) is 5.82 Å². The first-order valence-electron chi connectivity index (χ1n) is 5.44. The Morgan fingerprint density at radius 3 is 2.10 bits per heavy atom. The third-order valence-electron chi connectivity index (χ3n) is 1.95. The number of halogens is 1. The zero-order valence-electron chi connectivity index (χ0n) is 11.1. The third kappa shape index (κ3) is 5.04. The largest absolute Gasteiger partial charge is 0.299 e. The molecule has 1 rings (SSSR count). The first-order chi connectivity index (χ1) is 8.80. The van der Waals surface area contributed by atoms with Crippen LogP contribution in [-0.2, 0) is 20.2 Å². The molecule has 7 nitrogen and oxygen atoms in total. The van der Waals surface area contributed by atoms with Crippen LogP contribution in [0.2, 0.25) is 0 Å². The van der Waals surface area contributed by atoms with Gasteiger partial charge in [0.15, 0.2) is 0 Å². The maximum Gasteiger partial charge on any atom is 0.299 e. The molecule has 0 aromatic heterocycles. The van der Waals surface area contributed by atoms with Crippen molar-refractivity contribution in [2.24, 2.45) is 5.14 Å². The van der Waals surface area contributed by atoms with Gasteiger partial charge in [0.1, 0.15) is 5.82 Å². The summed E-state index contributed by atoms with van der Waals surface area (Å²) in [6.45, 7) is 4.85. The molecule has 0 aliphatic rings. The second-order valence-electron chi connectivity index (χ2n) is 5.14. The van der Waals surface area contributed by atoms with Crippen LogP contribution in [0.1, 0.15) is 20.8 Å². The van der Waals surface area contributed by atoms with Crippen LogP contribution in [0.15, 0.2) is 23.1 Å². The van der Waals surface area contributed by atoms with Crippen molar-refractivity contribution in [3.63, 3.8) is 0 Å². The number of hydrogen-bond acceptors (Lipinski definition) is 4. The predicted octanol–water partition coefficient (Wildman–Crippen LogP) is 0.518. The number of benzene rings is 1. The van der Waals surface area contributed by atoms with E-state index < -0.39 is 36.5 Å². The molecule has 4 N–H and O–H groups in total. The molecule has 0 unspecified atom stereocenters. The molecule has 0 aliphatic heterocycles. The van der Waals surface area contributed by atoms with Gasteiger partial charge >= 0.3 is 0 Å². The summed E-state index contributed by atoms with van der Waals surface area (Å²) in [5, 5.41) is 4.84. The summed E-state index contributed by atoms with van der Waals surface area (Å²) in [5.74, 6) is -1.05. The van der Waals surface area contributed by atoms with Crippen LogP contribution < -0.4 is 14.6 Å². The number of primary sulfonamides is 1. The molecule has 0 fully saturated rings. The Balaban J connectivity index is 3.07. The number of nitrogens with one attached hydrogen (secondary N) is 2. The summed E-state index contributed by atoms with van der Waals surface area (Å²) in [5.41, 5.74) is -1.13. The van der Waals surface area contributed by atoms with Gasteiger partial charge in [-0.1, -0.05) is 0 Å². The Morgan fingerprint density at radius 1 is 1.15 bits per heavy atom. The van der Waals surface area contributed by atoms with E-state index in [1.807, 2.05) is 4.72 Å². The highest BCUT2D eigenvalue weighted by molar-refractivity contribution is 7.90. The van der Waals surface area contributed by atoms with Gasteiger partial charge in [0.2, 0.25) is 10.0 Å². The highest BCUT2D eigenvalue weighted by Crippen LogP contribution is 2.19. The van der Waals surface area contributed by atoms with E-state index >= 15 is 0 Å². The second kappa shape index (κ2) is 5.28. The van der Waals surface area contributed by atoms with Gasteiger partial charge in [-0.25, -0.2) is 17.9 Å². The summed E-state index contributed by atoms with van der Waals surface area (Å²) in [6.07, 6.45) is 0. The highest BCUT2D eigenvalue weighted by atomic mass is 32.2. The Hall–Kier alpha value is -1.23. The average molecular weight is 325 g/mol. The highest BCUT2D eigenvalue weighted by Gasteiger charge is 2.21. The fraction of sp³-hybridized carbons (Fsp3) is 0.400. The Labute approximate surface area is 117 Å². The van der Waals surface area contributed by atoms with E-state index in [4.69, 9.17) is 5.14 Å². The molecule has 0 spiro atoms. The average Bonchev–Trinajstić information content (AvgIpc) is 2.15. The Kier molecular flexibility index (Phi) is 4.44. The van der Waals surface area contributed by atoms with Gasteiger partial charge in [-0.15, -0.1) is 0 Å². The molecule has 1 aromatic carbocycles. The van der Waals surface area contributed by atoms with E-state index in [-0.39, 0.29) is 5.69 Å². The monoisotopic (exact) mass is 325 g/mol. The lowest BCUT2D eigenvalue weighted by Crippen LogP contribution is -2.43. The van der Waals surface area contributed by atoms with Crippen molar-refractivity contribution in [1.29, 1.82) is 0 Å². The molecule has 0 amide bonds. The van der Waals surface area contributed by atoms with Crippen molar-refractivity contribution < 1.29 is 21.2 Å². The normalized spacial score (nSPS) is 13.2. The third-order valence-corrected chi connectivity index (χ3v) is 4.23. The van der Waals surface area contributed by atoms with Gasteiger partial charge in [0.25, 0.3) is 10.2 Å². The SMILES string of the molecule is CC(C)(C)NS(=O)(=O)Nc1ccc(S(N)(=O)=O)cc1F. The van der Waals surface area contributed by atoms with Crippen LogP contribution in [0.4, 0.5) is 10.1 Å². The summed E-state index contributed by atoms with van der Waals surface area (Å²) in [7, 11) is -8.03. The molecule has 0 radical (unpaired) electrons. The molecule has 1 aromatic rings. The van der Waals surface area contributed by atoms with E-state index in [0.717, 1.165) is 12.1 Å². The fourth-order valence-electron chi connectivity index (χ4n) is 1.33. The van der Waals surface area contributed by atoms with E-state index in [1.165, 1.54) is 0 Å². The maximum atomic E-state index is 13.7. The number of sulfonamides is 1. The molecule has 20 heavy (non-hydrogen) atoms. The molecule has 0 atom stereocenters. The van der Waals surface area contributed by atoms with Crippen molar-refractivity contribution in [2.75, 3.05) is 4.72 Å². The van der Waals surface area contributed by atoms with Crippen molar-refractivity contribution in [1.82, 2.24) is 4.72 Å². The minimum Gasteiger partial charge on any atom is -0.268 e. The van der Waals surface area contributed by atoms with Crippen LogP contribution in [0.3, 0.4) is 0 Å². The predicted molar refractivity (Wildman–Crippen MR) is 73.2 cm³/mol. The molecule has 0 bridgehead atoms. The number of nitrogens with two attached hydrogens (primary N) is 1. The van der Waals surface area contributed by atoms with Gasteiger partial charge < -0.3 is 0 Å². The lowest BCUT2D eigenvalue weighted by atomic mass is 10.1. The van der Waals surface area contributed by atoms with Crippen molar-refractivity contribution in [3.05, 3.63) is 24.0 Å². The molecule has 0 saturated heterocycles. The topological polar surface area (TPSA) is 118 Å². The van der Waals surface area contributed by atoms with Gasteiger partial charge in [0.05, 0.1) is 10.6 Å². The molecule has 10 heteroatoms. The van der Waals surface area contributed by atoms with Gasteiger partial charge in [-0.2, -0.15) is 13.1 Å². The quantitative estimate of drug-likeness (QED) is 0.747. The van der Waals surface area contributed by atoms with Crippen LogP contribution in [0.5, 0.6) is 0 Å². The fourth-order valence-corrected chi connectivity index (χ4v) is 3.17. The van der Waals surface area contributed by atoms with Crippen LogP contribution in [-0.4, -0.2) is 22.4 Å². The van der Waals surface area contributed by atoms with Gasteiger partial charge in [0, 0.05) is 5.54 Å². The van der Waals surface area contributed by atoms with E-state index in [9.17, 15) is 21.2 Å². The van der Waals surface area contributed by atoms with Gasteiger partial charge in [-0.05, 0) is 39.0 Å². The van der Waals surface area contributed by atoms with Crippen molar-refractivity contribution in [3.8, 4) is 0 Å². The van der Waals surface area contributed by atoms with Crippen molar-refractivity contribution in [2.45, 2.75) is 31.2 Å². The second-order valence-corrected chi connectivity index (χ2v) is 8.12. The molecule has 0 saturated carbocycles. The first kappa shape index (κ1) is 16.8. The summed E-state index contributed by atoms with van der Waals surface area (Å²) in [4.78, 5) is -0.443. The number of anilines is 1. The Morgan fingerprint density at radius 2 is 1.70 bits per heavy atom. The molecular formula is C10H16FN3O4S2. The lowest BCUT2D eigenvalue weighted by Gasteiger charge is -2.21. The molecule has 114 valence electrons. The van der Waals surface area contributed by atoms with Crippen molar-refractivity contribution >= 4 is 25.9 Å². The van der Waals surface area contributed by atoms with Gasteiger partial charge in [-0.3, -0.25) is 4.72 Å². The zero-order valence-corrected chi connectivity index (χ0v) is 12.8. The van der Waals surface area contributed by atoms with Crippen LogP contribution in [0.25, 0.3) is 0 Å². The van der Waals surface area contributed by atoms with Crippen LogP contribution >= 0.6 is 0 Å². The molecule has 0 aliphatic carbocycles. The first-order valence-corrected chi connectivity index (χ1v) is 8.47. The minimum atomic E-state index is -4.05. The number of hydrogen-bond donors (Lipinski definition) is 3. The van der Waals surface area contributed by atoms with E-state index in [1.54, 1.807) is 20.8 Å².